The number of hydrogen-bond acceptors (Lipinski definition) is 4. The molecule has 0 atom stereocenters. The lowest BCUT2D eigenvalue weighted by Crippen LogP contribution is -2.05. The third kappa shape index (κ3) is 4.67. The first-order chi connectivity index (χ1) is 13.5. The van der Waals surface area contributed by atoms with Crippen LogP contribution in [0.25, 0.3) is 0 Å². The van der Waals surface area contributed by atoms with Crippen molar-refractivity contribution in [3.63, 3.8) is 0 Å². The van der Waals surface area contributed by atoms with Gasteiger partial charge in [-0.1, -0.05) is 42.5 Å². The number of ether oxygens (including phenoxy) is 2. The second-order valence-electron chi connectivity index (χ2n) is 6.00. The van der Waals surface area contributed by atoms with E-state index in [9.17, 15) is 19.8 Å². The molecule has 6 nitrogen and oxygen atoms in total. The zero-order valence-electron chi connectivity index (χ0n) is 14.9. The molecule has 0 saturated heterocycles. The summed E-state index contributed by atoms with van der Waals surface area (Å²) in [6.45, 7) is 0.397. The average Bonchev–Trinajstić information content (AvgIpc) is 2.71. The Morgan fingerprint density at radius 3 is 1.50 bits per heavy atom. The number of carboxylic acids is 2. The first kappa shape index (κ1) is 19.0. The average molecular weight is 378 g/mol. The van der Waals surface area contributed by atoms with E-state index in [4.69, 9.17) is 9.47 Å². The van der Waals surface area contributed by atoms with E-state index in [-0.39, 0.29) is 24.3 Å². The summed E-state index contributed by atoms with van der Waals surface area (Å²) in [7, 11) is 0. The monoisotopic (exact) mass is 378 g/mol. The fourth-order valence-corrected chi connectivity index (χ4v) is 2.67. The van der Waals surface area contributed by atoms with Gasteiger partial charge in [0.2, 0.25) is 0 Å². The Morgan fingerprint density at radius 1 is 0.643 bits per heavy atom. The Hall–Kier alpha value is -3.80. The van der Waals surface area contributed by atoms with Gasteiger partial charge in [0.1, 0.15) is 35.8 Å². The quantitative estimate of drug-likeness (QED) is 0.609. The predicted octanol–water partition coefficient (Wildman–Crippen LogP) is 4.24. The highest BCUT2D eigenvalue weighted by Gasteiger charge is 2.11. The summed E-state index contributed by atoms with van der Waals surface area (Å²) in [5.41, 5.74) is 1.89. The van der Waals surface area contributed by atoms with Crippen molar-refractivity contribution in [1.82, 2.24) is 0 Å². The summed E-state index contributed by atoms with van der Waals surface area (Å²) in [5.74, 6) is -1.50. The van der Waals surface area contributed by atoms with Crippen LogP contribution in [0, 0.1) is 0 Å². The van der Waals surface area contributed by atoms with Gasteiger partial charge in [0.25, 0.3) is 0 Å². The zero-order valence-corrected chi connectivity index (χ0v) is 14.9. The van der Waals surface area contributed by atoms with E-state index >= 15 is 0 Å². The largest absolute Gasteiger partial charge is 0.488 e. The minimum absolute atomic E-state index is 0.104. The van der Waals surface area contributed by atoms with Crippen molar-refractivity contribution in [3.05, 3.63) is 95.1 Å². The van der Waals surface area contributed by atoms with E-state index in [0.717, 1.165) is 11.1 Å². The van der Waals surface area contributed by atoms with Crippen LogP contribution in [0.1, 0.15) is 31.8 Å². The highest BCUT2D eigenvalue weighted by atomic mass is 16.5. The first-order valence-corrected chi connectivity index (χ1v) is 8.52. The molecule has 142 valence electrons. The third-order valence-corrected chi connectivity index (χ3v) is 4.02. The van der Waals surface area contributed by atoms with E-state index in [1.807, 2.05) is 24.3 Å². The van der Waals surface area contributed by atoms with Gasteiger partial charge in [-0.3, -0.25) is 0 Å². The second-order valence-corrected chi connectivity index (χ2v) is 6.00. The number of rotatable bonds is 8. The Kier molecular flexibility index (Phi) is 5.91. The molecule has 0 bridgehead atoms. The number of benzene rings is 3. The van der Waals surface area contributed by atoms with Gasteiger partial charge in [-0.2, -0.15) is 0 Å². The van der Waals surface area contributed by atoms with E-state index in [1.165, 1.54) is 12.1 Å². The molecule has 0 aromatic heterocycles. The standard InChI is InChI=1S/C22H18O6/c23-21(24)17-8-1-3-10-19(17)27-13-15-6-5-7-16(12-15)14-28-20-11-4-2-9-18(20)22(25)26/h1-12H,13-14H2,(H,23,24)(H,25,26). The lowest BCUT2D eigenvalue weighted by Gasteiger charge is -2.11. The molecule has 6 heteroatoms. The van der Waals surface area contributed by atoms with Crippen molar-refractivity contribution in [2.75, 3.05) is 0 Å². The maximum absolute atomic E-state index is 11.2. The van der Waals surface area contributed by atoms with Crippen molar-refractivity contribution in [2.24, 2.45) is 0 Å². The SMILES string of the molecule is O=C(O)c1ccccc1OCc1cccc(COc2ccccc2C(=O)O)c1. The molecule has 0 fully saturated rings. The molecule has 28 heavy (non-hydrogen) atoms. The Balaban J connectivity index is 1.67. The van der Waals surface area contributed by atoms with Gasteiger partial charge < -0.3 is 19.7 Å². The van der Waals surface area contributed by atoms with Crippen molar-refractivity contribution < 1.29 is 29.3 Å². The van der Waals surface area contributed by atoms with Crippen molar-refractivity contribution in [2.45, 2.75) is 13.2 Å². The number of carboxylic acid groups (broad SMARTS) is 2. The van der Waals surface area contributed by atoms with E-state index in [1.54, 1.807) is 36.4 Å². The van der Waals surface area contributed by atoms with Gasteiger partial charge in [-0.25, -0.2) is 9.59 Å². The van der Waals surface area contributed by atoms with Crippen LogP contribution in [0.2, 0.25) is 0 Å². The summed E-state index contributed by atoms with van der Waals surface area (Å²) < 4.78 is 11.3. The Labute approximate surface area is 161 Å². The molecule has 0 heterocycles. The third-order valence-electron chi connectivity index (χ3n) is 4.02. The van der Waals surface area contributed by atoms with Crippen LogP contribution in [0.3, 0.4) is 0 Å². The molecule has 0 saturated carbocycles. The fraction of sp³-hybridized carbons (Fsp3) is 0.0909. The molecule has 0 aliphatic carbocycles. The molecule has 0 aliphatic rings. The molecule has 0 unspecified atom stereocenters. The minimum Gasteiger partial charge on any atom is -0.488 e. The molecule has 3 aromatic rings. The summed E-state index contributed by atoms with van der Waals surface area (Å²) in [6.07, 6.45) is 0. The highest BCUT2D eigenvalue weighted by Crippen LogP contribution is 2.21. The molecular formula is C22H18O6. The molecule has 0 radical (unpaired) electrons. The Morgan fingerprint density at radius 2 is 1.07 bits per heavy atom. The summed E-state index contributed by atoms with van der Waals surface area (Å²) >= 11 is 0. The second kappa shape index (κ2) is 8.73. The first-order valence-electron chi connectivity index (χ1n) is 8.52. The number of hydrogen-bond donors (Lipinski definition) is 2. The molecular weight excluding hydrogens is 360 g/mol. The van der Waals surface area contributed by atoms with Crippen molar-refractivity contribution in [3.8, 4) is 11.5 Å². The molecule has 3 aromatic carbocycles. The maximum atomic E-state index is 11.2. The topological polar surface area (TPSA) is 93.1 Å². The number of aromatic carboxylic acids is 2. The van der Waals surface area contributed by atoms with Crippen LogP contribution < -0.4 is 9.47 Å². The lowest BCUT2D eigenvalue weighted by molar-refractivity contribution is 0.0680. The van der Waals surface area contributed by atoms with Gasteiger partial charge in [0.05, 0.1) is 0 Å². The van der Waals surface area contributed by atoms with Gasteiger partial charge in [0.15, 0.2) is 0 Å². The van der Waals surface area contributed by atoms with Gasteiger partial charge in [0, 0.05) is 0 Å². The van der Waals surface area contributed by atoms with Gasteiger partial charge >= 0.3 is 11.9 Å². The van der Waals surface area contributed by atoms with Gasteiger partial charge in [-0.15, -0.1) is 0 Å². The molecule has 0 aliphatic heterocycles. The lowest BCUT2D eigenvalue weighted by atomic mass is 10.1. The number of para-hydroxylation sites is 2. The fourth-order valence-electron chi connectivity index (χ4n) is 2.67. The van der Waals surface area contributed by atoms with Crippen LogP contribution in [-0.4, -0.2) is 22.2 Å². The minimum atomic E-state index is -1.05. The van der Waals surface area contributed by atoms with Crippen LogP contribution in [0.5, 0.6) is 11.5 Å². The van der Waals surface area contributed by atoms with Crippen LogP contribution in [0.4, 0.5) is 0 Å². The van der Waals surface area contributed by atoms with E-state index in [2.05, 4.69) is 0 Å². The summed E-state index contributed by atoms with van der Waals surface area (Å²) in [6, 6.07) is 20.3. The molecule has 0 amide bonds. The van der Waals surface area contributed by atoms with Crippen LogP contribution in [0.15, 0.2) is 72.8 Å². The Bertz CT molecular complexity index is 919. The van der Waals surface area contributed by atoms with E-state index < -0.39 is 11.9 Å². The molecule has 2 N–H and O–H groups in total. The number of carbonyl (C=O) groups is 2. The van der Waals surface area contributed by atoms with Crippen LogP contribution >= 0.6 is 0 Å². The van der Waals surface area contributed by atoms with Gasteiger partial charge in [-0.05, 0) is 41.5 Å². The maximum Gasteiger partial charge on any atom is 0.339 e. The van der Waals surface area contributed by atoms with Crippen LogP contribution in [-0.2, 0) is 13.2 Å². The molecule has 0 spiro atoms. The normalized spacial score (nSPS) is 10.3. The molecule has 3 rings (SSSR count). The predicted molar refractivity (Wildman–Crippen MR) is 102 cm³/mol. The highest BCUT2D eigenvalue weighted by molar-refractivity contribution is 5.91. The van der Waals surface area contributed by atoms with E-state index in [0.29, 0.717) is 11.5 Å². The summed E-state index contributed by atoms with van der Waals surface area (Å²) in [5, 5.41) is 18.4. The van der Waals surface area contributed by atoms with Crippen molar-refractivity contribution >= 4 is 11.9 Å². The van der Waals surface area contributed by atoms with Crippen molar-refractivity contribution in [1.29, 1.82) is 0 Å². The smallest absolute Gasteiger partial charge is 0.339 e. The zero-order chi connectivity index (χ0) is 19.9. The summed E-state index contributed by atoms with van der Waals surface area (Å²) in [4.78, 5) is 22.5.